The molecule has 1 aromatic rings. The number of halogens is 1. The second-order valence-corrected chi connectivity index (χ2v) is 8.06. The lowest BCUT2D eigenvalue weighted by Crippen LogP contribution is -2.55. The summed E-state index contributed by atoms with van der Waals surface area (Å²) >= 11 is 0. The molecule has 1 aromatic carbocycles. The van der Waals surface area contributed by atoms with Crippen molar-refractivity contribution in [1.29, 1.82) is 0 Å². The molecule has 0 aromatic heterocycles. The molecule has 124 valence electrons. The smallest absolute Gasteiger partial charge is 0.218 e. The van der Waals surface area contributed by atoms with Crippen molar-refractivity contribution in [2.45, 2.75) is 31.3 Å². The largest absolute Gasteiger partial charge is 0.382 e. The highest BCUT2D eigenvalue weighted by molar-refractivity contribution is 7.88. The zero-order valence-corrected chi connectivity index (χ0v) is 13.9. The third-order valence-corrected chi connectivity index (χ3v) is 5.23. The van der Waals surface area contributed by atoms with Gasteiger partial charge in [-0.15, -0.1) is 0 Å². The van der Waals surface area contributed by atoms with Crippen molar-refractivity contribution >= 4 is 10.0 Å². The molecule has 0 unspecified atom stereocenters. The highest BCUT2D eigenvalue weighted by Gasteiger charge is 2.38. The quantitative estimate of drug-likeness (QED) is 0.825. The van der Waals surface area contributed by atoms with Gasteiger partial charge >= 0.3 is 0 Å². The molecule has 1 aliphatic rings. The number of ether oxygens (including phenoxy) is 2. The molecule has 1 heterocycles. The molecule has 1 fully saturated rings. The minimum atomic E-state index is -3.62. The summed E-state index contributed by atoms with van der Waals surface area (Å²) in [6.45, 7) is 4.44. The third kappa shape index (κ3) is 4.25. The molecule has 1 saturated heterocycles. The summed E-state index contributed by atoms with van der Waals surface area (Å²) in [6.07, 6.45) is -0.329. The van der Waals surface area contributed by atoms with Crippen LogP contribution in [0, 0.1) is 5.82 Å². The van der Waals surface area contributed by atoms with Gasteiger partial charge in [0.2, 0.25) is 10.0 Å². The molecule has 5 nitrogen and oxygen atoms in total. The van der Waals surface area contributed by atoms with Crippen molar-refractivity contribution < 1.29 is 22.3 Å². The molecule has 2 rings (SSSR count). The van der Waals surface area contributed by atoms with Crippen LogP contribution in [0.15, 0.2) is 24.3 Å². The van der Waals surface area contributed by atoms with Crippen LogP contribution in [0.3, 0.4) is 0 Å². The molecule has 0 N–H and O–H groups in total. The van der Waals surface area contributed by atoms with Gasteiger partial charge in [0.15, 0.2) is 0 Å². The van der Waals surface area contributed by atoms with Crippen LogP contribution in [0.4, 0.5) is 4.39 Å². The zero-order valence-electron chi connectivity index (χ0n) is 13.1. The summed E-state index contributed by atoms with van der Waals surface area (Å²) in [5, 5.41) is 0. The highest BCUT2D eigenvalue weighted by atomic mass is 32.2. The molecule has 22 heavy (non-hydrogen) atoms. The van der Waals surface area contributed by atoms with Crippen molar-refractivity contribution in [2.24, 2.45) is 0 Å². The van der Waals surface area contributed by atoms with Crippen molar-refractivity contribution in [3.8, 4) is 0 Å². The van der Waals surface area contributed by atoms with E-state index in [1.165, 1.54) is 22.5 Å². The maximum Gasteiger partial charge on any atom is 0.218 e. The van der Waals surface area contributed by atoms with Gasteiger partial charge in [-0.25, -0.2) is 12.8 Å². The van der Waals surface area contributed by atoms with Gasteiger partial charge in [0.1, 0.15) is 5.82 Å². The van der Waals surface area contributed by atoms with E-state index in [2.05, 4.69) is 0 Å². The lowest BCUT2D eigenvalue weighted by Gasteiger charge is -2.41. The van der Waals surface area contributed by atoms with E-state index in [9.17, 15) is 12.8 Å². The van der Waals surface area contributed by atoms with Gasteiger partial charge in [-0.2, -0.15) is 4.31 Å². The summed E-state index contributed by atoms with van der Waals surface area (Å²) < 4.78 is 51.2. The first-order valence-corrected chi connectivity index (χ1v) is 8.72. The standard InChI is InChI=1S/C15H22FNO4S/c1-15(2)11-17(8-13(21-15)9-20-3)22(18,19)10-12-6-4-5-7-14(12)16/h4-7,13H,8-11H2,1-3H3/t13-/m1/s1. The van der Waals surface area contributed by atoms with Crippen LogP contribution < -0.4 is 0 Å². The van der Waals surface area contributed by atoms with Crippen molar-refractivity contribution in [2.75, 3.05) is 26.8 Å². The number of benzene rings is 1. The Morgan fingerprint density at radius 1 is 1.41 bits per heavy atom. The van der Waals surface area contributed by atoms with Crippen LogP contribution in [0.25, 0.3) is 0 Å². The van der Waals surface area contributed by atoms with Gasteiger partial charge in [-0.05, 0) is 19.9 Å². The lowest BCUT2D eigenvalue weighted by atomic mass is 10.1. The molecule has 0 aliphatic carbocycles. The fourth-order valence-electron chi connectivity index (χ4n) is 2.63. The number of methoxy groups -OCH3 is 1. The van der Waals surface area contributed by atoms with Gasteiger partial charge in [-0.3, -0.25) is 0 Å². The van der Waals surface area contributed by atoms with Gasteiger partial charge in [-0.1, -0.05) is 18.2 Å². The SMILES string of the molecule is COC[C@H]1CN(S(=O)(=O)Cc2ccccc2F)CC(C)(C)O1. The van der Waals surface area contributed by atoms with Crippen LogP contribution in [0.2, 0.25) is 0 Å². The van der Waals surface area contributed by atoms with E-state index >= 15 is 0 Å². The van der Waals surface area contributed by atoms with Crippen LogP contribution in [-0.2, 0) is 25.2 Å². The fraction of sp³-hybridized carbons (Fsp3) is 0.600. The van der Waals surface area contributed by atoms with E-state index in [4.69, 9.17) is 9.47 Å². The number of hydrogen-bond donors (Lipinski definition) is 0. The fourth-order valence-corrected chi connectivity index (χ4v) is 4.34. The molecular weight excluding hydrogens is 309 g/mol. The number of hydrogen-bond acceptors (Lipinski definition) is 4. The third-order valence-electron chi connectivity index (χ3n) is 3.49. The average molecular weight is 331 g/mol. The summed E-state index contributed by atoms with van der Waals surface area (Å²) in [4.78, 5) is 0. The Kier molecular flexibility index (Phi) is 5.21. The Bertz CT molecular complexity index is 618. The summed E-state index contributed by atoms with van der Waals surface area (Å²) in [7, 11) is -2.08. The van der Waals surface area contributed by atoms with E-state index in [1.807, 2.05) is 13.8 Å². The molecule has 0 radical (unpaired) electrons. The average Bonchev–Trinajstić information content (AvgIpc) is 2.40. The Morgan fingerprint density at radius 3 is 2.73 bits per heavy atom. The lowest BCUT2D eigenvalue weighted by molar-refractivity contribution is -0.135. The normalized spacial score (nSPS) is 22.6. The van der Waals surface area contributed by atoms with E-state index in [0.29, 0.717) is 6.61 Å². The van der Waals surface area contributed by atoms with Gasteiger partial charge < -0.3 is 9.47 Å². The number of rotatable bonds is 5. The highest BCUT2D eigenvalue weighted by Crippen LogP contribution is 2.25. The second-order valence-electron chi connectivity index (χ2n) is 6.10. The minimum Gasteiger partial charge on any atom is -0.382 e. The zero-order chi connectivity index (χ0) is 16.4. The maximum atomic E-state index is 13.7. The van der Waals surface area contributed by atoms with Crippen LogP contribution >= 0.6 is 0 Å². The topological polar surface area (TPSA) is 55.8 Å². The Hall–Kier alpha value is -1.02. The van der Waals surface area contributed by atoms with Gasteiger partial charge in [0, 0.05) is 25.8 Å². The first kappa shape index (κ1) is 17.3. The van der Waals surface area contributed by atoms with Crippen LogP contribution in [0.1, 0.15) is 19.4 Å². The summed E-state index contributed by atoms with van der Waals surface area (Å²) in [5.41, 5.74) is -0.431. The van der Waals surface area contributed by atoms with Crippen molar-refractivity contribution in [1.82, 2.24) is 4.31 Å². The minimum absolute atomic E-state index is 0.176. The number of morpholine rings is 1. The predicted molar refractivity (Wildman–Crippen MR) is 81.4 cm³/mol. The monoisotopic (exact) mass is 331 g/mol. The molecular formula is C15H22FNO4S. The summed E-state index contributed by atoms with van der Waals surface area (Å²) in [5.74, 6) is -0.859. The van der Waals surface area contributed by atoms with E-state index in [1.54, 1.807) is 13.2 Å². The van der Waals surface area contributed by atoms with Crippen LogP contribution in [-0.4, -0.2) is 51.2 Å². The number of sulfonamides is 1. The van der Waals surface area contributed by atoms with E-state index in [0.717, 1.165) is 0 Å². The Balaban J connectivity index is 2.19. The maximum absolute atomic E-state index is 13.7. The molecule has 0 saturated carbocycles. The molecule has 1 atom stereocenters. The molecule has 7 heteroatoms. The van der Waals surface area contributed by atoms with E-state index in [-0.39, 0.29) is 30.5 Å². The first-order valence-electron chi connectivity index (χ1n) is 7.11. The van der Waals surface area contributed by atoms with Crippen LogP contribution in [0.5, 0.6) is 0 Å². The summed E-state index contributed by atoms with van der Waals surface area (Å²) in [6, 6.07) is 5.93. The first-order chi connectivity index (χ1) is 10.2. The van der Waals surface area contributed by atoms with Gasteiger partial charge in [0.25, 0.3) is 0 Å². The van der Waals surface area contributed by atoms with Crippen molar-refractivity contribution in [3.05, 3.63) is 35.6 Å². The Labute approximate surface area is 131 Å². The predicted octanol–water partition coefficient (Wildman–Crippen LogP) is 1.78. The second kappa shape index (κ2) is 6.62. The van der Waals surface area contributed by atoms with Crippen molar-refractivity contribution in [3.63, 3.8) is 0 Å². The van der Waals surface area contributed by atoms with Gasteiger partial charge in [0.05, 0.1) is 24.1 Å². The molecule has 1 aliphatic heterocycles. The van der Waals surface area contributed by atoms with E-state index < -0.39 is 21.4 Å². The molecule has 0 spiro atoms. The molecule has 0 bridgehead atoms. The Morgan fingerprint density at radius 2 is 2.09 bits per heavy atom. The number of nitrogens with zero attached hydrogens (tertiary/aromatic N) is 1. The molecule has 0 amide bonds.